The fourth-order valence-corrected chi connectivity index (χ4v) is 2.32. The van der Waals surface area contributed by atoms with Gasteiger partial charge in [0.25, 0.3) is 5.91 Å². The summed E-state index contributed by atoms with van der Waals surface area (Å²) in [4.78, 5) is 25.2. The van der Waals surface area contributed by atoms with E-state index in [9.17, 15) is 9.59 Å². The Hall–Kier alpha value is -1.95. The van der Waals surface area contributed by atoms with Gasteiger partial charge in [0.2, 0.25) is 5.91 Å². The zero-order valence-corrected chi connectivity index (χ0v) is 14.1. The Morgan fingerprint density at radius 3 is 2.09 bits per heavy atom. The normalized spacial score (nSPS) is 9.95. The number of benzene rings is 1. The van der Waals surface area contributed by atoms with Crippen LogP contribution in [0.1, 0.15) is 44.0 Å². The number of nitrogens with one attached hydrogen (secondary N) is 2. The molecule has 0 atom stereocenters. The maximum atomic E-state index is 12.4. The molecule has 0 aromatic heterocycles. The lowest BCUT2D eigenvalue weighted by molar-refractivity contribution is -0.117. The van der Waals surface area contributed by atoms with Crippen LogP contribution in [0.2, 0.25) is 0 Å². The number of thiocarbonyl (C=S) groups is 1. The third-order valence-electron chi connectivity index (χ3n) is 2.95. The molecule has 0 unspecified atom stereocenters. The van der Waals surface area contributed by atoms with Crippen molar-refractivity contribution < 1.29 is 9.59 Å². The van der Waals surface area contributed by atoms with Gasteiger partial charge >= 0.3 is 0 Å². The number of amides is 2. The summed E-state index contributed by atoms with van der Waals surface area (Å²) in [6.07, 6.45) is 1.88. The van der Waals surface area contributed by atoms with Crippen LogP contribution in [0.5, 0.6) is 0 Å². The molecule has 22 heavy (non-hydrogen) atoms. The van der Waals surface area contributed by atoms with Crippen LogP contribution in [0.3, 0.4) is 0 Å². The van der Waals surface area contributed by atoms with Crippen LogP contribution in [-0.2, 0) is 4.79 Å². The van der Waals surface area contributed by atoms with E-state index in [0.29, 0.717) is 5.56 Å². The fourth-order valence-electron chi connectivity index (χ4n) is 2.06. The minimum atomic E-state index is -0.223. The average Bonchev–Trinajstić information content (AvgIpc) is 2.46. The molecule has 1 rings (SSSR count). The molecule has 2 amide bonds. The highest BCUT2D eigenvalue weighted by Gasteiger charge is 2.14. The molecular weight excluding hydrogens is 298 g/mol. The Morgan fingerprint density at radius 1 is 1.09 bits per heavy atom. The highest BCUT2D eigenvalue weighted by atomic mass is 32.1. The summed E-state index contributed by atoms with van der Waals surface area (Å²) in [5.74, 6) is -0.182. The van der Waals surface area contributed by atoms with Crippen LogP contribution in [0, 0.1) is 0 Å². The summed E-state index contributed by atoms with van der Waals surface area (Å²) in [5.41, 5.74) is 1.38. The van der Waals surface area contributed by atoms with Gasteiger partial charge in [0.1, 0.15) is 0 Å². The van der Waals surface area contributed by atoms with Crippen molar-refractivity contribution in [1.82, 2.24) is 10.2 Å². The van der Waals surface area contributed by atoms with Crippen LogP contribution < -0.4 is 10.6 Å². The summed E-state index contributed by atoms with van der Waals surface area (Å²) < 4.78 is 0. The monoisotopic (exact) mass is 321 g/mol. The number of hydrogen-bond donors (Lipinski definition) is 2. The van der Waals surface area contributed by atoms with Crippen molar-refractivity contribution in [2.24, 2.45) is 0 Å². The first-order chi connectivity index (χ1) is 10.5. The van der Waals surface area contributed by atoms with Gasteiger partial charge in [0, 0.05) is 31.3 Å². The van der Waals surface area contributed by atoms with Crippen molar-refractivity contribution in [3.05, 3.63) is 29.8 Å². The maximum Gasteiger partial charge on any atom is 0.253 e. The van der Waals surface area contributed by atoms with E-state index < -0.39 is 0 Å². The van der Waals surface area contributed by atoms with Crippen LogP contribution in [0.25, 0.3) is 0 Å². The zero-order valence-electron chi connectivity index (χ0n) is 13.3. The fraction of sp³-hybridized carbons (Fsp3) is 0.438. The number of anilines is 1. The quantitative estimate of drug-likeness (QED) is 0.791. The van der Waals surface area contributed by atoms with Crippen molar-refractivity contribution in [3.8, 4) is 0 Å². The van der Waals surface area contributed by atoms with Gasteiger partial charge in [-0.2, -0.15) is 0 Å². The smallest absolute Gasteiger partial charge is 0.253 e. The van der Waals surface area contributed by atoms with Gasteiger partial charge in [0.05, 0.1) is 0 Å². The first-order valence-corrected chi connectivity index (χ1v) is 7.86. The lowest BCUT2D eigenvalue weighted by atomic mass is 10.1. The molecule has 0 spiro atoms. The predicted molar refractivity (Wildman–Crippen MR) is 93.0 cm³/mol. The van der Waals surface area contributed by atoms with Gasteiger partial charge < -0.3 is 15.5 Å². The Bertz CT molecular complexity index is 523. The van der Waals surface area contributed by atoms with Crippen molar-refractivity contribution >= 4 is 34.8 Å². The summed E-state index contributed by atoms with van der Waals surface area (Å²) in [6, 6.07) is 7.08. The molecule has 0 radical (unpaired) electrons. The lowest BCUT2D eigenvalue weighted by Gasteiger charge is -2.21. The van der Waals surface area contributed by atoms with Crippen LogP contribution in [0.15, 0.2) is 24.3 Å². The molecule has 1 aromatic rings. The summed E-state index contributed by atoms with van der Waals surface area (Å²) >= 11 is 4.99. The lowest BCUT2D eigenvalue weighted by Crippen LogP contribution is -2.33. The topological polar surface area (TPSA) is 61.4 Å². The molecule has 0 aliphatic carbocycles. The molecule has 5 nitrogen and oxygen atoms in total. The van der Waals surface area contributed by atoms with E-state index in [-0.39, 0.29) is 16.9 Å². The molecule has 120 valence electrons. The molecular formula is C16H23N3O2S. The zero-order chi connectivity index (χ0) is 16.5. The minimum absolute atomic E-state index is 0.0414. The molecule has 0 saturated carbocycles. The van der Waals surface area contributed by atoms with Gasteiger partial charge in [-0.25, -0.2) is 0 Å². The third kappa shape index (κ3) is 5.81. The van der Waals surface area contributed by atoms with Gasteiger partial charge in [0.15, 0.2) is 5.11 Å². The minimum Gasteiger partial charge on any atom is -0.339 e. The van der Waals surface area contributed by atoms with E-state index in [1.54, 1.807) is 24.3 Å². The number of carbonyl (C=O) groups is 2. The van der Waals surface area contributed by atoms with E-state index in [4.69, 9.17) is 12.2 Å². The number of rotatable bonds is 6. The molecule has 0 bridgehead atoms. The molecule has 0 fully saturated rings. The molecule has 0 heterocycles. The summed E-state index contributed by atoms with van der Waals surface area (Å²) in [6.45, 7) is 7.04. The van der Waals surface area contributed by atoms with Crippen molar-refractivity contribution in [2.45, 2.75) is 33.6 Å². The SMILES string of the molecule is CCCN(CCC)C(=O)c1ccc(NC(=S)NC(C)=O)cc1. The largest absolute Gasteiger partial charge is 0.339 e. The van der Waals surface area contributed by atoms with Gasteiger partial charge in [-0.05, 0) is 49.3 Å². The second kappa shape index (κ2) is 9.15. The standard InChI is InChI=1S/C16H23N3O2S/c1-4-10-19(11-5-2)15(21)13-6-8-14(9-7-13)18-16(22)17-12(3)20/h6-9H,4-5,10-11H2,1-3H3,(H2,17,18,20,22). The van der Waals surface area contributed by atoms with Gasteiger partial charge in [-0.1, -0.05) is 13.8 Å². The van der Waals surface area contributed by atoms with Gasteiger partial charge in [-0.3, -0.25) is 9.59 Å². The van der Waals surface area contributed by atoms with Crippen LogP contribution in [0.4, 0.5) is 5.69 Å². The Balaban J connectivity index is 2.72. The number of hydrogen-bond acceptors (Lipinski definition) is 3. The Kier molecular flexibility index (Phi) is 7.52. The predicted octanol–water partition coefficient (Wildman–Crippen LogP) is 2.78. The summed E-state index contributed by atoms with van der Waals surface area (Å²) in [5, 5.41) is 5.62. The third-order valence-corrected chi connectivity index (χ3v) is 3.16. The number of nitrogens with zero attached hydrogens (tertiary/aromatic N) is 1. The average molecular weight is 321 g/mol. The Morgan fingerprint density at radius 2 is 1.64 bits per heavy atom. The second-order valence-electron chi connectivity index (χ2n) is 5.00. The molecule has 0 saturated heterocycles. The van der Waals surface area contributed by atoms with Gasteiger partial charge in [-0.15, -0.1) is 0 Å². The molecule has 1 aromatic carbocycles. The Labute approximate surface area is 137 Å². The van der Waals surface area contributed by atoms with Crippen molar-refractivity contribution in [2.75, 3.05) is 18.4 Å². The van der Waals surface area contributed by atoms with E-state index in [1.165, 1.54) is 6.92 Å². The van der Waals surface area contributed by atoms with E-state index in [1.807, 2.05) is 4.90 Å². The van der Waals surface area contributed by atoms with Crippen molar-refractivity contribution in [1.29, 1.82) is 0 Å². The molecule has 6 heteroatoms. The molecule has 2 N–H and O–H groups in total. The van der Waals surface area contributed by atoms with E-state index >= 15 is 0 Å². The van der Waals surface area contributed by atoms with E-state index in [0.717, 1.165) is 31.6 Å². The number of carbonyl (C=O) groups excluding carboxylic acids is 2. The van der Waals surface area contributed by atoms with Crippen LogP contribution in [-0.4, -0.2) is 34.9 Å². The molecule has 0 aliphatic rings. The van der Waals surface area contributed by atoms with E-state index in [2.05, 4.69) is 24.5 Å². The first kappa shape index (κ1) is 18.1. The highest BCUT2D eigenvalue weighted by Crippen LogP contribution is 2.12. The second-order valence-corrected chi connectivity index (χ2v) is 5.41. The van der Waals surface area contributed by atoms with Crippen molar-refractivity contribution in [3.63, 3.8) is 0 Å². The molecule has 0 aliphatic heterocycles. The maximum absolute atomic E-state index is 12.4. The highest BCUT2D eigenvalue weighted by molar-refractivity contribution is 7.80. The summed E-state index contributed by atoms with van der Waals surface area (Å²) in [7, 11) is 0. The van der Waals surface area contributed by atoms with Crippen LogP contribution >= 0.6 is 12.2 Å². The first-order valence-electron chi connectivity index (χ1n) is 7.45.